The van der Waals surface area contributed by atoms with Gasteiger partial charge in [0.1, 0.15) is 0 Å². The van der Waals surface area contributed by atoms with Crippen LogP contribution in [0.15, 0.2) is 0 Å². The number of piperidine rings is 1. The Hall–Kier alpha value is -1.01. The van der Waals surface area contributed by atoms with Crippen molar-refractivity contribution in [2.24, 2.45) is 11.3 Å². The van der Waals surface area contributed by atoms with Crippen molar-refractivity contribution in [3.05, 3.63) is 0 Å². The average Bonchev–Trinajstić information content (AvgIpc) is 2.84. The van der Waals surface area contributed by atoms with E-state index in [9.17, 15) is 9.59 Å². The van der Waals surface area contributed by atoms with Crippen LogP contribution in [0.1, 0.15) is 26.2 Å². The van der Waals surface area contributed by atoms with Crippen LogP contribution in [0.25, 0.3) is 0 Å². The average molecular weight is 306 g/mol. The third-order valence-corrected chi connectivity index (χ3v) is 4.45. The van der Waals surface area contributed by atoms with E-state index in [1.165, 1.54) is 6.42 Å². The Morgan fingerprint density at radius 3 is 2.50 bits per heavy atom. The molecule has 0 aromatic heterocycles. The van der Waals surface area contributed by atoms with Gasteiger partial charge in [0, 0.05) is 26.2 Å². The summed E-state index contributed by atoms with van der Waals surface area (Å²) in [6, 6.07) is 0. The van der Waals surface area contributed by atoms with Gasteiger partial charge in [-0.15, -0.1) is 12.4 Å². The summed E-state index contributed by atoms with van der Waals surface area (Å²) >= 11 is 0. The van der Waals surface area contributed by atoms with E-state index in [1.807, 2.05) is 4.90 Å². The van der Waals surface area contributed by atoms with Crippen LogP contribution in [-0.2, 0) is 4.79 Å². The number of hydrogen-bond donors (Lipinski definition) is 3. The number of halogens is 1. The second-order valence-corrected chi connectivity index (χ2v) is 5.84. The van der Waals surface area contributed by atoms with Crippen LogP contribution in [0.5, 0.6) is 0 Å². The van der Waals surface area contributed by atoms with Crippen molar-refractivity contribution in [3.8, 4) is 0 Å². The zero-order valence-electron chi connectivity index (χ0n) is 11.9. The minimum Gasteiger partial charge on any atom is -0.465 e. The molecule has 2 aliphatic heterocycles. The highest BCUT2D eigenvalue weighted by Crippen LogP contribution is 2.37. The van der Waals surface area contributed by atoms with Gasteiger partial charge in [0.15, 0.2) is 0 Å². The molecule has 0 saturated carbocycles. The van der Waals surface area contributed by atoms with Crippen LogP contribution >= 0.6 is 12.4 Å². The first-order valence-electron chi connectivity index (χ1n) is 6.99. The van der Waals surface area contributed by atoms with E-state index < -0.39 is 6.09 Å². The molecule has 0 aromatic carbocycles. The van der Waals surface area contributed by atoms with Crippen molar-refractivity contribution >= 4 is 24.4 Å². The molecular formula is C13H24ClN3O3. The fourth-order valence-electron chi connectivity index (χ4n) is 3.06. The predicted molar refractivity (Wildman–Crippen MR) is 78.2 cm³/mol. The van der Waals surface area contributed by atoms with Gasteiger partial charge in [-0.05, 0) is 31.2 Å². The number of carbonyl (C=O) groups is 2. The van der Waals surface area contributed by atoms with Crippen molar-refractivity contribution < 1.29 is 14.7 Å². The fraction of sp³-hybridized carbons (Fsp3) is 0.846. The highest BCUT2D eigenvalue weighted by molar-refractivity contribution is 5.85. The van der Waals surface area contributed by atoms with Crippen LogP contribution in [0.3, 0.4) is 0 Å². The van der Waals surface area contributed by atoms with E-state index >= 15 is 0 Å². The molecule has 0 unspecified atom stereocenters. The molecule has 2 heterocycles. The lowest BCUT2D eigenvalue weighted by molar-refractivity contribution is -0.137. The molecule has 2 saturated heterocycles. The highest BCUT2D eigenvalue weighted by Gasteiger charge is 2.38. The molecule has 1 atom stereocenters. The number of carbonyl (C=O) groups excluding carboxylic acids is 1. The summed E-state index contributed by atoms with van der Waals surface area (Å²) in [6.07, 6.45) is 2.26. The Balaban J connectivity index is 0.00000200. The van der Waals surface area contributed by atoms with Gasteiger partial charge in [-0.2, -0.15) is 0 Å². The first-order valence-corrected chi connectivity index (χ1v) is 6.99. The van der Waals surface area contributed by atoms with Gasteiger partial charge in [0.25, 0.3) is 0 Å². The minimum absolute atomic E-state index is 0. The third kappa shape index (κ3) is 3.99. The van der Waals surface area contributed by atoms with E-state index in [1.54, 1.807) is 6.92 Å². The molecule has 20 heavy (non-hydrogen) atoms. The normalized spacial score (nSPS) is 22.1. The van der Waals surface area contributed by atoms with Gasteiger partial charge in [0.05, 0.1) is 5.92 Å². The van der Waals surface area contributed by atoms with Crippen LogP contribution in [0, 0.1) is 11.3 Å². The predicted octanol–water partition coefficient (Wildman–Crippen LogP) is 0.914. The molecule has 0 aliphatic carbocycles. The lowest BCUT2D eigenvalue weighted by Crippen LogP contribution is -2.47. The first kappa shape index (κ1) is 17.0. The molecule has 0 aromatic rings. The van der Waals surface area contributed by atoms with Gasteiger partial charge < -0.3 is 20.6 Å². The number of carboxylic acid groups (broad SMARTS) is 1. The number of amides is 2. The smallest absolute Gasteiger partial charge is 0.404 e. The summed E-state index contributed by atoms with van der Waals surface area (Å²) in [4.78, 5) is 24.5. The summed E-state index contributed by atoms with van der Waals surface area (Å²) in [5.41, 5.74) is 0.402. The molecule has 1 spiro atoms. The van der Waals surface area contributed by atoms with Crippen LogP contribution < -0.4 is 10.6 Å². The summed E-state index contributed by atoms with van der Waals surface area (Å²) in [7, 11) is 0. The van der Waals surface area contributed by atoms with Crippen LogP contribution in [-0.4, -0.2) is 54.7 Å². The Morgan fingerprint density at radius 2 is 2.00 bits per heavy atom. The molecule has 7 heteroatoms. The Morgan fingerprint density at radius 1 is 1.35 bits per heavy atom. The second-order valence-electron chi connectivity index (χ2n) is 5.84. The molecule has 0 bridgehead atoms. The zero-order chi connectivity index (χ0) is 13.9. The first-order chi connectivity index (χ1) is 9.02. The molecule has 6 nitrogen and oxygen atoms in total. The van der Waals surface area contributed by atoms with E-state index in [4.69, 9.17) is 5.11 Å². The fourth-order valence-corrected chi connectivity index (χ4v) is 3.06. The molecular weight excluding hydrogens is 282 g/mol. The molecule has 116 valence electrons. The molecule has 2 fully saturated rings. The molecule has 2 rings (SSSR count). The zero-order valence-corrected chi connectivity index (χ0v) is 12.7. The monoisotopic (exact) mass is 305 g/mol. The van der Waals surface area contributed by atoms with Gasteiger partial charge in [-0.25, -0.2) is 4.79 Å². The quantitative estimate of drug-likeness (QED) is 0.724. The van der Waals surface area contributed by atoms with Crippen molar-refractivity contribution in [1.29, 1.82) is 0 Å². The Kier molecular flexibility index (Phi) is 6.07. The minimum atomic E-state index is -1.07. The van der Waals surface area contributed by atoms with E-state index in [0.29, 0.717) is 5.41 Å². The highest BCUT2D eigenvalue weighted by atomic mass is 35.5. The number of nitrogens with one attached hydrogen (secondary N) is 2. The number of nitrogens with zero attached hydrogens (tertiary/aromatic N) is 1. The van der Waals surface area contributed by atoms with Crippen molar-refractivity contribution in [2.75, 3.05) is 32.7 Å². The lowest BCUT2D eigenvalue weighted by Gasteiger charge is -2.39. The summed E-state index contributed by atoms with van der Waals surface area (Å²) in [6.45, 7) is 5.74. The molecule has 0 radical (unpaired) electrons. The number of likely N-dealkylation sites (tertiary alicyclic amines) is 1. The maximum Gasteiger partial charge on any atom is 0.404 e. The Labute approximate surface area is 125 Å². The maximum atomic E-state index is 12.2. The summed E-state index contributed by atoms with van der Waals surface area (Å²) < 4.78 is 0. The van der Waals surface area contributed by atoms with Crippen LogP contribution in [0.2, 0.25) is 0 Å². The topological polar surface area (TPSA) is 81.7 Å². The van der Waals surface area contributed by atoms with Crippen molar-refractivity contribution in [1.82, 2.24) is 15.5 Å². The van der Waals surface area contributed by atoms with Crippen molar-refractivity contribution in [2.45, 2.75) is 26.2 Å². The number of rotatable bonds is 3. The summed E-state index contributed by atoms with van der Waals surface area (Å²) in [5.74, 6) is -0.221. The van der Waals surface area contributed by atoms with E-state index in [0.717, 1.165) is 39.0 Å². The second kappa shape index (κ2) is 7.13. The van der Waals surface area contributed by atoms with Gasteiger partial charge in [-0.1, -0.05) is 6.92 Å². The molecule has 2 aliphatic rings. The van der Waals surface area contributed by atoms with Gasteiger partial charge in [0.2, 0.25) is 5.91 Å². The lowest BCUT2D eigenvalue weighted by atomic mass is 9.77. The molecule has 2 amide bonds. The van der Waals surface area contributed by atoms with Gasteiger partial charge >= 0.3 is 6.09 Å². The largest absolute Gasteiger partial charge is 0.465 e. The number of hydrogen-bond acceptors (Lipinski definition) is 3. The van der Waals surface area contributed by atoms with Crippen LogP contribution in [0.4, 0.5) is 4.79 Å². The van der Waals surface area contributed by atoms with Crippen molar-refractivity contribution in [3.63, 3.8) is 0 Å². The summed E-state index contributed by atoms with van der Waals surface area (Å²) in [5, 5.41) is 14.2. The SMILES string of the molecule is C[C@H](CNC(=O)O)C(=O)N1CCC2(CCNC2)CC1.Cl. The molecule has 3 N–H and O–H groups in total. The van der Waals surface area contributed by atoms with E-state index in [2.05, 4.69) is 10.6 Å². The third-order valence-electron chi connectivity index (χ3n) is 4.45. The maximum absolute atomic E-state index is 12.2. The Bertz CT molecular complexity index is 349. The van der Waals surface area contributed by atoms with Gasteiger partial charge in [-0.3, -0.25) is 4.79 Å². The van der Waals surface area contributed by atoms with E-state index in [-0.39, 0.29) is 30.8 Å². The standard InChI is InChI=1S/C13H23N3O3.ClH/c1-10(8-15-12(18)19)11(17)16-6-3-13(4-7-16)2-5-14-9-13;/h10,14-15H,2-9H2,1H3,(H,18,19);1H/t10-;/m1./s1.